The lowest BCUT2D eigenvalue weighted by molar-refractivity contribution is -0.137. The molecular weight excluding hydrogens is 297 g/mol. The standard InChI is InChI=1S/C14H19ClFN3O2/c1-5-21-11(20)7-6-10(14(2,3)4)18-12-9(16)8-17-13(15)19-12/h6-8,10H,5H2,1-4H3,(H,17,18,19)/b7-6+/t10-/m1/s1. The highest BCUT2D eigenvalue weighted by atomic mass is 35.5. The molecule has 0 saturated heterocycles. The Morgan fingerprint density at radius 1 is 1.57 bits per heavy atom. The number of nitrogens with one attached hydrogen (secondary N) is 1. The van der Waals surface area contributed by atoms with E-state index < -0.39 is 11.8 Å². The van der Waals surface area contributed by atoms with Crippen molar-refractivity contribution < 1.29 is 13.9 Å². The zero-order valence-electron chi connectivity index (χ0n) is 12.5. The largest absolute Gasteiger partial charge is 0.463 e. The van der Waals surface area contributed by atoms with E-state index in [1.165, 1.54) is 6.08 Å². The first kappa shape index (κ1) is 17.4. The van der Waals surface area contributed by atoms with Crippen LogP contribution in [-0.4, -0.2) is 28.6 Å². The van der Waals surface area contributed by atoms with E-state index in [9.17, 15) is 9.18 Å². The number of carbonyl (C=O) groups is 1. The van der Waals surface area contributed by atoms with Crippen LogP contribution in [-0.2, 0) is 9.53 Å². The average molecular weight is 316 g/mol. The molecule has 0 fully saturated rings. The minimum atomic E-state index is -0.613. The Labute approximate surface area is 128 Å². The summed E-state index contributed by atoms with van der Waals surface area (Å²) < 4.78 is 18.5. The third kappa shape index (κ3) is 5.67. The molecule has 1 rings (SSSR count). The maximum atomic E-state index is 13.7. The van der Waals surface area contributed by atoms with Gasteiger partial charge < -0.3 is 10.1 Å². The van der Waals surface area contributed by atoms with Crippen LogP contribution in [0.2, 0.25) is 5.28 Å². The van der Waals surface area contributed by atoms with Crippen molar-refractivity contribution in [1.82, 2.24) is 9.97 Å². The first-order valence-electron chi connectivity index (χ1n) is 6.53. The van der Waals surface area contributed by atoms with Gasteiger partial charge in [-0.25, -0.2) is 14.2 Å². The van der Waals surface area contributed by atoms with Crippen molar-refractivity contribution in [2.75, 3.05) is 11.9 Å². The Hall–Kier alpha value is -1.69. The lowest BCUT2D eigenvalue weighted by atomic mass is 9.86. The Morgan fingerprint density at radius 2 is 2.24 bits per heavy atom. The number of hydrogen-bond acceptors (Lipinski definition) is 5. The van der Waals surface area contributed by atoms with E-state index in [4.69, 9.17) is 16.3 Å². The number of aromatic nitrogens is 2. The number of anilines is 1. The zero-order valence-corrected chi connectivity index (χ0v) is 13.2. The molecule has 0 radical (unpaired) electrons. The molecule has 0 unspecified atom stereocenters. The molecule has 0 amide bonds. The van der Waals surface area contributed by atoms with Gasteiger partial charge in [-0.2, -0.15) is 4.98 Å². The summed E-state index contributed by atoms with van der Waals surface area (Å²) in [5, 5.41) is 2.87. The van der Waals surface area contributed by atoms with Crippen molar-refractivity contribution in [2.24, 2.45) is 5.41 Å². The Morgan fingerprint density at radius 3 is 2.81 bits per heavy atom. The normalized spacial score (nSPS) is 13.2. The molecule has 1 aromatic heterocycles. The lowest BCUT2D eigenvalue weighted by Crippen LogP contribution is -2.33. The van der Waals surface area contributed by atoms with Crippen LogP contribution in [0.3, 0.4) is 0 Å². The molecule has 21 heavy (non-hydrogen) atoms. The van der Waals surface area contributed by atoms with Crippen LogP contribution in [0.4, 0.5) is 10.2 Å². The van der Waals surface area contributed by atoms with Gasteiger partial charge in [-0.1, -0.05) is 26.8 Å². The summed E-state index contributed by atoms with van der Waals surface area (Å²) in [6, 6.07) is -0.345. The molecule has 0 bridgehead atoms. The summed E-state index contributed by atoms with van der Waals surface area (Å²) in [5.41, 5.74) is -0.285. The predicted octanol–water partition coefficient (Wildman–Crippen LogP) is 3.22. The second-order valence-electron chi connectivity index (χ2n) is 5.43. The highest BCUT2D eigenvalue weighted by molar-refractivity contribution is 6.28. The molecule has 5 nitrogen and oxygen atoms in total. The summed E-state index contributed by atoms with van der Waals surface area (Å²) in [7, 11) is 0. The van der Waals surface area contributed by atoms with E-state index in [1.807, 2.05) is 20.8 Å². The third-order valence-corrected chi connectivity index (χ3v) is 2.83. The van der Waals surface area contributed by atoms with E-state index in [1.54, 1.807) is 13.0 Å². The van der Waals surface area contributed by atoms with Gasteiger partial charge in [0, 0.05) is 6.08 Å². The van der Waals surface area contributed by atoms with Crippen LogP contribution in [0.5, 0.6) is 0 Å². The molecule has 1 heterocycles. The maximum Gasteiger partial charge on any atom is 0.330 e. The summed E-state index contributed by atoms with van der Waals surface area (Å²) in [5.74, 6) is -1.07. The molecule has 1 atom stereocenters. The minimum Gasteiger partial charge on any atom is -0.463 e. The van der Waals surface area contributed by atoms with Crippen molar-refractivity contribution in [3.63, 3.8) is 0 Å². The second kappa shape index (κ2) is 7.36. The van der Waals surface area contributed by atoms with E-state index in [0.717, 1.165) is 6.20 Å². The van der Waals surface area contributed by atoms with Gasteiger partial charge in [-0.3, -0.25) is 0 Å². The predicted molar refractivity (Wildman–Crippen MR) is 79.6 cm³/mol. The Kier molecular flexibility index (Phi) is 6.08. The number of halogens is 2. The number of rotatable bonds is 5. The quantitative estimate of drug-likeness (QED) is 0.513. The molecular formula is C14H19ClFN3O2. The van der Waals surface area contributed by atoms with Gasteiger partial charge in [0.1, 0.15) is 0 Å². The van der Waals surface area contributed by atoms with Crippen molar-refractivity contribution in [3.05, 3.63) is 29.4 Å². The molecule has 1 aromatic rings. The molecule has 0 saturated carbocycles. The zero-order chi connectivity index (χ0) is 16.0. The summed E-state index contributed by atoms with van der Waals surface area (Å²) in [4.78, 5) is 18.8. The Balaban J connectivity index is 2.94. The molecule has 0 aliphatic rings. The van der Waals surface area contributed by atoms with Crippen LogP contribution >= 0.6 is 11.6 Å². The van der Waals surface area contributed by atoms with E-state index in [0.29, 0.717) is 6.61 Å². The number of carbonyl (C=O) groups excluding carboxylic acids is 1. The molecule has 7 heteroatoms. The molecule has 0 spiro atoms. The first-order chi connectivity index (χ1) is 9.74. The van der Waals surface area contributed by atoms with E-state index in [2.05, 4.69) is 15.3 Å². The summed E-state index contributed by atoms with van der Waals surface area (Å²) in [6.45, 7) is 7.86. The maximum absolute atomic E-state index is 13.7. The van der Waals surface area contributed by atoms with Gasteiger partial charge >= 0.3 is 5.97 Å². The number of esters is 1. The first-order valence-corrected chi connectivity index (χ1v) is 6.91. The van der Waals surface area contributed by atoms with Crippen molar-refractivity contribution in [1.29, 1.82) is 0 Å². The molecule has 1 N–H and O–H groups in total. The third-order valence-electron chi connectivity index (χ3n) is 2.65. The molecule has 116 valence electrons. The Bertz CT molecular complexity index is 529. The van der Waals surface area contributed by atoms with Crippen molar-refractivity contribution in [2.45, 2.75) is 33.7 Å². The van der Waals surface area contributed by atoms with Crippen LogP contribution < -0.4 is 5.32 Å². The molecule has 0 aliphatic heterocycles. The van der Waals surface area contributed by atoms with Crippen LogP contribution in [0.15, 0.2) is 18.3 Å². The van der Waals surface area contributed by atoms with E-state index in [-0.39, 0.29) is 22.6 Å². The van der Waals surface area contributed by atoms with Gasteiger partial charge in [-0.05, 0) is 23.9 Å². The smallest absolute Gasteiger partial charge is 0.330 e. The fourth-order valence-corrected chi connectivity index (χ4v) is 1.65. The second-order valence-corrected chi connectivity index (χ2v) is 5.77. The molecule has 0 aromatic carbocycles. The van der Waals surface area contributed by atoms with Crippen LogP contribution in [0, 0.1) is 11.2 Å². The number of ether oxygens (including phenoxy) is 1. The van der Waals surface area contributed by atoms with Crippen molar-refractivity contribution in [3.8, 4) is 0 Å². The fourth-order valence-electron chi connectivity index (χ4n) is 1.51. The van der Waals surface area contributed by atoms with Gasteiger partial charge in [0.15, 0.2) is 11.6 Å². The van der Waals surface area contributed by atoms with E-state index >= 15 is 0 Å². The summed E-state index contributed by atoms with van der Waals surface area (Å²) in [6.07, 6.45) is 3.92. The average Bonchev–Trinajstić information content (AvgIpc) is 2.37. The van der Waals surface area contributed by atoms with Crippen molar-refractivity contribution >= 4 is 23.4 Å². The fraction of sp³-hybridized carbons (Fsp3) is 0.500. The van der Waals surface area contributed by atoms with Crippen LogP contribution in [0.25, 0.3) is 0 Å². The minimum absolute atomic E-state index is 0.0107. The lowest BCUT2D eigenvalue weighted by Gasteiger charge is -2.29. The number of hydrogen-bond donors (Lipinski definition) is 1. The highest BCUT2D eigenvalue weighted by Crippen LogP contribution is 2.25. The number of nitrogens with zero attached hydrogens (tertiary/aromatic N) is 2. The van der Waals surface area contributed by atoms with Gasteiger partial charge in [0.25, 0.3) is 0 Å². The van der Waals surface area contributed by atoms with Gasteiger partial charge in [0.05, 0.1) is 18.8 Å². The topological polar surface area (TPSA) is 64.1 Å². The molecule has 0 aliphatic carbocycles. The highest BCUT2D eigenvalue weighted by Gasteiger charge is 2.24. The monoisotopic (exact) mass is 315 g/mol. The SMILES string of the molecule is CCOC(=O)/C=C/[C@@H](Nc1nc(Cl)ncc1F)C(C)(C)C. The summed E-state index contributed by atoms with van der Waals surface area (Å²) >= 11 is 5.66. The van der Waals surface area contributed by atoms with Gasteiger partial charge in [-0.15, -0.1) is 0 Å². The van der Waals surface area contributed by atoms with Crippen LogP contribution in [0.1, 0.15) is 27.7 Å². The van der Waals surface area contributed by atoms with Gasteiger partial charge in [0.2, 0.25) is 5.28 Å².